The molecule has 1 N–H and O–H groups in total. The summed E-state index contributed by atoms with van der Waals surface area (Å²) in [5.74, 6) is -1.27. The molecule has 1 rings (SSSR count). The van der Waals surface area contributed by atoms with Crippen molar-refractivity contribution in [1.82, 2.24) is 0 Å². The highest BCUT2D eigenvalue weighted by atomic mass is 16.5. The topological polar surface area (TPSA) is 63.6 Å². The van der Waals surface area contributed by atoms with Gasteiger partial charge in [-0.25, -0.2) is 4.79 Å². The number of carbonyl (C=O) groups is 2. The molecule has 0 heterocycles. The van der Waals surface area contributed by atoms with Crippen LogP contribution in [0, 0.1) is 0 Å². The zero-order valence-electron chi connectivity index (χ0n) is 10.5. The first kappa shape index (κ1) is 14.0. The molecule has 1 aromatic carbocycles. The number of allylic oxidation sites excluding steroid dienone is 1. The number of rotatable bonds is 5. The van der Waals surface area contributed by atoms with Gasteiger partial charge in [-0.2, -0.15) is 0 Å². The fraction of sp³-hybridized carbons (Fsp3) is 0.286. The Morgan fingerprint density at radius 3 is 2.56 bits per heavy atom. The van der Waals surface area contributed by atoms with Gasteiger partial charge in [0.25, 0.3) is 0 Å². The van der Waals surface area contributed by atoms with E-state index in [1.807, 2.05) is 13.0 Å². The van der Waals surface area contributed by atoms with Crippen LogP contribution in [-0.2, 0) is 9.53 Å². The quantitative estimate of drug-likeness (QED) is 0.814. The third-order valence-corrected chi connectivity index (χ3v) is 2.56. The number of hydrogen-bond acceptors (Lipinski definition) is 3. The van der Waals surface area contributed by atoms with Gasteiger partial charge in [0.2, 0.25) is 0 Å². The fourth-order valence-corrected chi connectivity index (χ4v) is 1.64. The monoisotopic (exact) mass is 248 g/mol. The maximum absolute atomic E-state index is 11.4. The zero-order valence-corrected chi connectivity index (χ0v) is 10.5. The Morgan fingerprint density at radius 2 is 2.00 bits per heavy atom. The number of carbonyl (C=O) groups excluding carboxylic acids is 1. The maximum atomic E-state index is 11.4. The highest BCUT2D eigenvalue weighted by Crippen LogP contribution is 2.20. The van der Waals surface area contributed by atoms with Gasteiger partial charge in [0.1, 0.15) is 0 Å². The van der Waals surface area contributed by atoms with Crippen LogP contribution in [0.1, 0.15) is 35.7 Å². The van der Waals surface area contributed by atoms with E-state index in [2.05, 4.69) is 4.74 Å². The van der Waals surface area contributed by atoms with Gasteiger partial charge in [-0.05, 0) is 29.7 Å². The van der Waals surface area contributed by atoms with Crippen molar-refractivity contribution in [2.75, 3.05) is 7.11 Å². The van der Waals surface area contributed by atoms with Gasteiger partial charge in [-0.15, -0.1) is 0 Å². The molecular formula is C14H16O4. The average Bonchev–Trinajstić information content (AvgIpc) is 2.38. The van der Waals surface area contributed by atoms with Gasteiger partial charge < -0.3 is 9.84 Å². The summed E-state index contributed by atoms with van der Waals surface area (Å²) in [7, 11) is 1.33. The second-order valence-electron chi connectivity index (χ2n) is 3.75. The summed E-state index contributed by atoms with van der Waals surface area (Å²) in [6, 6.07) is 6.98. The number of carboxylic acids is 1. The first-order valence-corrected chi connectivity index (χ1v) is 5.68. The first-order valence-electron chi connectivity index (χ1n) is 5.68. The molecule has 0 unspecified atom stereocenters. The maximum Gasteiger partial charge on any atom is 0.337 e. The number of aliphatic carboxylic acids is 1. The number of carboxylic acid groups (broad SMARTS) is 1. The van der Waals surface area contributed by atoms with Crippen molar-refractivity contribution in [1.29, 1.82) is 0 Å². The molecule has 0 saturated carbocycles. The average molecular weight is 248 g/mol. The Hall–Kier alpha value is -2.10. The zero-order chi connectivity index (χ0) is 13.5. The van der Waals surface area contributed by atoms with E-state index in [1.54, 1.807) is 24.3 Å². The minimum Gasteiger partial charge on any atom is -0.481 e. The molecule has 0 aliphatic rings. The lowest BCUT2D eigenvalue weighted by molar-refractivity contribution is -0.136. The molecule has 4 heteroatoms. The number of ether oxygens (including phenoxy) is 1. The lowest BCUT2D eigenvalue weighted by atomic mass is 10.00. The van der Waals surface area contributed by atoms with Crippen molar-refractivity contribution in [3.05, 3.63) is 41.5 Å². The van der Waals surface area contributed by atoms with Crippen LogP contribution in [0.5, 0.6) is 0 Å². The van der Waals surface area contributed by atoms with E-state index in [1.165, 1.54) is 7.11 Å². The predicted octanol–water partition coefficient (Wildman–Crippen LogP) is 2.74. The second-order valence-corrected chi connectivity index (χ2v) is 3.75. The number of benzene rings is 1. The summed E-state index contributed by atoms with van der Waals surface area (Å²) in [5.41, 5.74) is 2.22. The van der Waals surface area contributed by atoms with Crippen LogP contribution in [0.2, 0.25) is 0 Å². The fourth-order valence-electron chi connectivity index (χ4n) is 1.64. The van der Waals surface area contributed by atoms with Gasteiger partial charge >= 0.3 is 11.9 Å². The highest BCUT2D eigenvalue weighted by Gasteiger charge is 2.07. The molecule has 0 atom stereocenters. The molecule has 0 saturated heterocycles. The normalized spacial score (nSPS) is 11.1. The molecule has 0 bridgehead atoms. The van der Waals surface area contributed by atoms with E-state index >= 15 is 0 Å². The van der Waals surface area contributed by atoms with E-state index in [4.69, 9.17) is 5.11 Å². The van der Waals surface area contributed by atoms with Crippen LogP contribution >= 0.6 is 0 Å². The summed E-state index contributed by atoms with van der Waals surface area (Å²) in [6.07, 6.45) is 2.35. The molecule has 0 fully saturated rings. The van der Waals surface area contributed by atoms with E-state index in [-0.39, 0.29) is 6.42 Å². The van der Waals surface area contributed by atoms with Gasteiger partial charge in [-0.1, -0.05) is 25.1 Å². The summed E-state index contributed by atoms with van der Waals surface area (Å²) in [4.78, 5) is 22.0. The second kappa shape index (κ2) is 6.59. The Labute approximate surface area is 106 Å². The minimum absolute atomic E-state index is 0.0222. The van der Waals surface area contributed by atoms with Crippen molar-refractivity contribution in [2.24, 2.45) is 0 Å². The largest absolute Gasteiger partial charge is 0.481 e. The lowest BCUT2D eigenvalue weighted by Crippen LogP contribution is -2.01. The molecule has 96 valence electrons. The van der Waals surface area contributed by atoms with E-state index in [0.29, 0.717) is 12.0 Å². The molecule has 0 radical (unpaired) electrons. The Bertz CT molecular complexity index is 474. The van der Waals surface area contributed by atoms with E-state index in [0.717, 1.165) is 11.1 Å². The molecule has 0 aliphatic heterocycles. The van der Waals surface area contributed by atoms with Crippen molar-refractivity contribution in [2.45, 2.75) is 19.8 Å². The standard InChI is InChI=1S/C14H16O4/c1-3-10(7-8-13(15)16)11-5-4-6-12(9-11)14(17)18-2/h4-7,9H,3,8H2,1-2H3,(H,15,16)/b10-7+. The number of esters is 1. The Morgan fingerprint density at radius 1 is 1.33 bits per heavy atom. The van der Waals surface area contributed by atoms with Crippen molar-refractivity contribution >= 4 is 17.5 Å². The van der Waals surface area contributed by atoms with E-state index in [9.17, 15) is 9.59 Å². The molecule has 0 aromatic heterocycles. The molecule has 4 nitrogen and oxygen atoms in total. The Balaban J connectivity index is 3.03. The lowest BCUT2D eigenvalue weighted by Gasteiger charge is -2.06. The van der Waals surface area contributed by atoms with Crippen LogP contribution in [0.25, 0.3) is 5.57 Å². The van der Waals surface area contributed by atoms with Crippen molar-refractivity contribution in [3.63, 3.8) is 0 Å². The summed E-state index contributed by atoms with van der Waals surface area (Å²) < 4.78 is 4.65. The molecular weight excluding hydrogens is 232 g/mol. The van der Waals surface area contributed by atoms with Crippen molar-refractivity contribution in [3.8, 4) is 0 Å². The summed E-state index contributed by atoms with van der Waals surface area (Å²) in [6.45, 7) is 1.94. The third-order valence-electron chi connectivity index (χ3n) is 2.56. The highest BCUT2D eigenvalue weighted by molar-refractivity contribution is 5.90. The molecule has 18 heavy (non-hydrogen) atoms. The first-order chi connectivity index (χ1) is 8.58. The molecule has 0 amide bonds. The van der Waals surface area contributed by atoms with Gasteiger partial charge in [0.05, 0.1) is 19.1 Å². The summed E-state index contributed by atoms with van der Waals surface area (Å²) in [5, 5.41) is 8.67. The van der Waals surface area contributed by atoms with Crippen LogP contribution in [0.4, 0.5) is 0 Å². The van der Waals surface area contributed by atoms with Crippen LogP contribution in [0.15, 0.2) is 30.3 Å². The number of hydrogen-bond donors (Lipinski definition) is 1. The van der Waals surface area contributed by atoms with Crippen LogP contribution in [-0.4, -0.2) is 24.2 Å². The van der Waals surface area contributed by atoms with Gasteiger partial charge in [-0.3, -0.25) is 4.79 Å². The minimum atomic E-state index is -0.870. The predicted molar refractivity (Wildman–Crippen MR) is 68.3 cm³/mol. The summed E-state index contributed by atoms with van der Waals surface area (Å²) >= 11 is 0. The van der Waals surface area contributed by atoms with Gasteiger partial charge in [0, 0.05) is 0 Å². The SMILES string of the molecule is CC/C(=C\CC(=O)O)c1cccc(C(=O)OC)c1. The van der Waals surface area contributed by atoms with Crippen molar-refractivity contribution < 1.29 is 19.4 Å². The molecule has 1 aromatic rings. The molecule has 0 aliphatic carbocycles. The Kier molecular flexibility index (Phi) is 5.11. The van der Waals surface area contributed by atoms with Crippen LogP contribution < -0.4 is 0 Å². The van der Waals surface area contributed by atoms with E-state index < -0.39 is 11.9 Å². The number of methoxy groups -OCH3 is 1. The molecule has 0 spiro atoms. The van der Waals surface area contributed by atoms with Crippen LogP contribution in [0.3, 0.4) is 0 Å². The smallest absolute Gasteiger partial charge is 0.337 e. The van der Waals surface area contributed by atoms with Gasteiger partial charge in [0.15, 0.2) is 0 Å². The third kappa shape index (κ3) is 3.73.